The molecule has 0 saturated carbocycles. The Balaban J connectivity index is 1.45. The van der Waals surface area contributed by atoms with Crippen molar-refractivity contribution in [2.24, 2.45) is 0 Å². The topological polar surface area (TPSA) is 93.5 Å². The SMILES string of the molecule is N#Cc1ccc(C(=O)N2CCN3C(=O)[C@@H](Cc4ccccc4)NC(=O)[C@H]3C2)cc1. The molecule has 2 aromatic rings. The van der Waals surface area contributed by atoms with Gasteiger partial charge >= 0.3 is 0 Å². The maximum absolute atomic E-state index is 12.9. The van der Waals surface area contributed by atoms with Crippen molar-refractivity contribution in [3.63, 3.8) is 0 Å². The van der Waals surface area contributed by atoms with Crippen LogP contribution in [0.3, 0.4) is 0 Å². The Morgan fingerprint density at radius 1 is 1.07 bits per heavy atom. The first-order chi connectivity index (χ1) is 14.1. The number of piperazine rings is 2. The number of hydrogen-bond donors (Lipinski definition) is 1. The number of carbonyl (C=O) groups is 3. The summed E-state index contributed by atoms with van der Waals surface area (Å²) < 4.78 is 0. The highest BCUT2D eigenvalue weighted by atomic mass is 16.2. The predicted octanol–water partition coefficient (Wildman–Crippen LogP) is 0.952. The summed E-state index contributed by atoms with van der Waals surface area (Å²) in [5.41, 5.74) is 1.93. The molecule has 2 aromatic carbocycles. The lowest BCUT2D eigenvalue weighted by molar-refractivity contribution is -0.152. The van der Waals surface area contributed by atoms with Gasteiger partial charge in [-0.25, -0.2) is 0 Å². The Kier molecular flexibility index (Phi) is 5.00. The second-order valence-electron chi connectivity index (χ2n) is 7.24. The van der Waals surface area contributed by atoms with Crippen LogP contribution < -0.4 is 5.32 Å². The standard InChI is InChI=1S/C22H20N4O3/c23-13-16-6-8-17(9-7-16)21(28)25-10-11-26-19(14-25)20(27)24-18(22(26)29)12-15-4-2-1-3-5-15/h1-9,18-19H,10-12,14H2,(H,24,27)/t18-,19-/m1/s1. The lowest BCUT2D eigenvalue weighted by atomic mass is 9.98. The Morgan fingerprint density at radius 2 is 1.79 bits per heavy atom. The van der Waals surface area contributed by atoms with Crippen LogP contribution in [0, 0.1) is 11.3 Å². The molecule has 4 rings (SSSR count). The second kappa shape index (κ2) is 7.76. The molecule has 29 heavy (non-hydrogen) atoms. The molecule has 1 N–H and O–H groups in total. The fraction of sp³-hybridized carbons (Fsp3) is 0.273. The Hall–Kier alpha value is -3.66. The van der Waals surface area contributed by atoms with Gasteiger partial charge in [-0.1, -0.05) is 30.3 Å². The van der Waals surface area contributed by atoms with E-state index in [1.807, 2.05) is 36.4 Å². The molecule has 0 unspecified atom stereocenters. The molecular weight excluding hydrogens is 368 g/mol. The first-order valence-corrected chi connectivity index (χ1v) is 9.51. The molecule has 2 heterocycles. The van der Waals surface area contributed by atoms with E-state index >= 15 is 0 Å². The molecule has 7 nitrogen and oxygen atoms in total. The number of fused-ring (bicyclic) bond motifs is 1. The first kappa shape index (κ1) is 18.7. The van der Waals surface area contributed by atoms with E-state index in [1.165, 1.54) is 0 Å². The van der Waals surface area contributed by atoms with Crippen molar-refractivity contribution in [2.75, 3.05) is 19.6 Å². The van der Waals surface area contributed by atoms with Crippen molar-refractivity contribution < 1.29 is 14.4 Å². The lowest BCUT2D eigenvalue weighted by Gasteiger charge is -2.45. The van der Waals surface area contributed by atoms with Crippen molar-refractivity contribution in [3.8, 4) is 6.07 Å². The Labute approximate surface area is 168 Å². The number of carbonyl (C=O) groups excluding carboxylic acids is 3. The molecular formula is C22H20N4O3. The van der Waals surface area contributed by atoms with Gasteiger partial charge in [-0.05, 0) is 29.8 Å². The highest BCUT2D eigenvalue weighted by molar-refractivity contribution is 5.99. The summed E-state index contributed by atoms with van der Waals surface area (Å²) in [5, 5.41) is 11.7. The fourth-order valence-electron chi connectivity index (χ4n) is 3.84. The predicted molar refractivity (Wildman–Crippen MR) is 105 cm³/mol. The molecule has 2 saturated heterocycles. The normalized spacial score (nSPS) is 21.2. The van der Waals surface area contributed by atoms with Crippen LogP contribution >= 0.6 is 0 Å². The molecule has 2 aliphatic heterocycles. The largest absolute Gasteiger partial charge is 0.342 e. The average Bonchev–Trinajstić information content (AvgIpc) is 2.77. The molecule has 2 aliphatic rings. The van der Waals surface area contributed by atoms with E-state index in [2.05, 4.69) is 5.32 Å². The van der Waals surface area contributed by atoms with E-state index in [1.54, 1.807) is 34.1 Å². The summed E-state index contributed by atoms with van der Waals surface area (Å²) in [5.74, 6) is -0.549. The van der Waals surface area contributed by atoms with E-state index in [9.17, 15) is 14.4 Å². The quantitative estimate of drug-likeness (QED) is 0.847. The van der Waals surface area contributed by atoms with Crippen molar-refractivity contribution in [1.29, 1.82) is 5.26 Å². The molecule has 0 spiro atoms. The molecule has 0 radical (unpaired) electrons. The molecule has 0 aromatic heterocycles. The summed E-state index contributed by atoms with van der Waals surface area (Å²) in [6.07, 6.45) is 0.447. The smallest absolute Gasteiger partial charge is 0.253 e. The summed E-state index contributed by atoms with van der Waals surface area (Å²) in [6, 6.07) is 16.7. The third kappa shape index (κ3) is 3.69. The Morgan fingerprint density at radius 3 is 2.48 bits per heavy atom. The highest BCUT2D eigenvalue weighted by Crippen LogP contribution is 2.20. The average molecular weight is 388 g/mol. The number of nitriles is 1. The number of hydrogen-bond acceptors (Lipinski definition) is 4. The summed E-state index contributed by atoms with van der Waals surface area (Å²) in [4.78, 5) is 41.5. The number of amides is 3. The molecule has 3 amide bonds. The van der Waals surface area contributed by atoms with E-state index in [-0.39, 0.29) is 24.3 Å². The van der Waals surface area contributed by atoms with E-state index in [0.717, 1.165) is 5.56 Å². The van der Waals surface area contributed by atoms with E-state index in [4.69, 9.17) is 5.26 Å². The van der Waals surface area contributed by atoms with Crippen molar-refractivity contribution >= 4 is 17.7 Å². The molecule has 146 valence electrons. The van der Waals surface area contributed by atoms with Gasteiger partial charge in [0.25, 0.3) is 5.91 Å². The zero-order valence-electron chi connectivity index (χ0n) is 15.7. The highest BCUT2D eigenvalue weighted by Gasteiger charge is 2.44. The van der Waals surface area contributed by atoms with Gasteiger partial charge < -0.3 is 15.1 Å². The molecule has 2 fully saturated rings. The van der Waals surface area contributed by atoms with Crippen LogP contribution in [0.1, 0.15) is 21.5 Å². The third-order valence-corrected chi connectivity index (χ3v) is 5.41. The zero-order valence-corrected chi connectivity index (χ0v) is 15.7. The number of nitrogens with one attached hydrogen (secondary N) is 1. The molecule has 7 heteroatoms. The van der Waals surface area contributed by atoms with E-state index in [0.29, 0.717) is 30.6 Å². The van der Waals surface area contributed by atoms with Gasteiger partial charge in [0.2, 0.25) is 11.8 Å². The summed E-state index contributed by atoms with van der Waals surface area (Å²) in [7, 11) is 0. The van der Waals surface area contributed by atoms with Gasteiger partial charge in [-0.2, -0.15) is 5.26 Å². The van der Waals surface area contributed by atoms with Crippen molar-refractivity contribution in [1.82, 2.24) is 15.1 Å². The lowest BCUT2D eigenvalue weighted by Crippen LogP contribution is -2.70. The third-order valence-electron chi connectivity index (χ3n) is 5.41. The van der Waals surface area contributed by atoms with E-state index < -0.39 is 12.1 Å². The Bertz CT molecular complexity index is 981. The molecule has 2 atom stereocenters. The van der Waals surface area contributed by atoms with Gasteiger partial charge in [0.1, 0.15) is 12.1 Å². The van der Waals surface area contributed by atoms with Crippen LogP contribution in [-0.2, 0) is 16.0 Å². The number of benzene rings is 2. The minimum atomic E-state index is -0.675. The summed E-state index contributed by atoms with van der Waals surface area (Å²) in [6.45, 7) is 0.852. The van der Waals surface area contributed by atoms with Gasteiger partial charge in [-0.15, -0.1) is 0 Å². The second-order valence-corrected chi connectivity index (χ2v) is 7.24. The van der Waals surface area contributed by atoms with Crippen LogP contribution in [0.15, 0.2) is 54.6 Å². The van der Waals surface area contributed by atoms with Gasteiger partial charge in [0, 0.05) is 25.1 Å². The summed E-state index contributed by atoms with van der Waals surface area (Å²) >= 11 is 0. The fourth-order valence-corrected chi connectivity index (χ4v) is 3.84. The number of nitrogens with zero attached hydrogens (tertiary/aromatic N) is 3. The van der Waals surface area contributed by atoms with Crippen LogP contribution in [0.25, 0.3) is 0 Å². The monoisotopic (exact) mass is 388 g/mol. The molecule has 0 aliphatic carbocycles. The minimum absolute atomic E-state index is 0.107. The van der Waals surface area contributed by atoms with Gasteiger partial charge in [-0.3, -0.25) is 14.4 Å². The van der Waals surface area contributed by atoms with Crippen LogP contribution in [0.2, 0.25) is 0 Å². The van der Waals surface area contributed by atoms with Crippen LogP contribution in [0.5, 0.6) is 0 Å². The number of rotatable bonds is 3. The molecule has 0 bridgehead atoms. The van der Waals surface area contributed by atoms with Crippen molar-refractivity contribution in [2.45, 2.75) is 18.5 Å². The first-order valence-electron chi connectivity index (χ1n) is 9.51. The van der Waals surface area contributed by atoms with Crippen LogP contribution in [0.4, 0.5) is 0 Å². The van der Waals surface area contributed by atoms with Gasteiger partial charge in [0.05, 0.1) is 18.2 Å². The maximum Gasteiger partial charge on any atom is 0.253 e. The van der Waals surface area contributed by atoms with Crippen molar-refractivity contribution in [3.05, 3.63) is 71.3 Å². The zero-order chi connectivity index (χ0) is 20.4. The maximum atomic E-state index is 12.9. The van der Waals surface area contributed by atoms with Crippen LogP contribution in [-0.4, -0.2) is 59.2 Å². The van der Waals surface area contributed by atoms with Gasteiger partial charge in [0.15, 0.2) is 0 Å². The minimum Gasteiger partial charge on any atom is -0.342 e.